The summed E-state index contributed by atoms with van der Waals surface area (Å²) in [5.41, 5.74) is 5.14. The van der Waals surface area contributed by atoms with E-state index in [-0.39, 0.29) is 16.3 Å². The monoisotopic (exact) mass is 347 g/mol. The molecule has 0 heterocycles. The number of allylic oxidation sites excluding steroid dienone is 3. The van der Waals surface area contributed by atoms with E-state index in [1.165, 1.54) is 12.1 Å². The Morgan fingerprint density at radius 1 is 1.50 bits per heavy atom. The first-order chi connectivity index (χ1) is 11.3. The van der Waals surface area contributed by atoms with Gasteiger partial charge in [-0.1, -0.05) is 29.8 Å². The summed E-state index contributed by atoms with van der Waals surface area (Å²) in [6, 6.07) is 3.88. The standard InChI is InChI=1S/C17H18ClN3O3/c1-10(2)12-5-4-11(3)15(8-12)19-20-17(22)13-6-7-14(18)16(9-13)21(23)24/h4,6-7,9,12H,1,5,8H2,2-3H3,(H,20,22)/t12-/m1/s1. The van der Waals surface area contributed by atoms with E-state index in [0.29, 0.717) is 12.3 Å². The number of halogens is 1. The van der Waals surface area contributed by atoms with Crippen molar-refractivity contribution in [1.29, 1.82) is 0 Å². The molecule has 0 unspecified atom stereocenters. The minimum atomic E-state index is -0.628. The molecule has 1 aromatic rings. The molecule has 0 saturated heterocycles. The molecule has 6 nitrogen and oxygen atoms in total. The Morgan fingerprint density at radius 2 is 2.21 bits per heavy atom. The lowest BCUT2D eigenvalue weighted by atomic mass is 9.85. The first kappa shape index (κ1) is 17.9. The molecule has 1 N–H and O–H groups in total. The van der Waals surface area contributed by atoms with Gasteiger partial charge in [0.25, 0.3) is 11.6 Å². The molecule has 7 heteroatoms. The van der Waals surface area contributed by atoms with Crippen molar-refractivity contribution in [3.05, 3.63) is 62.7 Å². The molecule has 1 aliphatic carbocycles. The predicted molar refractivity (Wildman–Crippen MR) is 94.3 cm³/mol. The molecule has 126 valence electrons. The van der Waals surface area contributed by atoms with Crippen molar-refractivity contribution in [3.63, 3.8) is 0 Å². The molecule has 1 atom stereocenters. The molecule has 0 bridgehead atoms. The van der Waals surface area contributed by atoms with Crippen LogP contribution in [0.25, 0.3) is 0 Å². The van der Waals surface area contributed by atoms with Gasteiger partial charge in [0.2, 0.25) is 0 Å². The average molecular weight is 348 g/mol. The number of nitro groups is 1. The van der Waals surface area contributed by atoms with Crippen LogP contribution in [0.15, 0.2) is 47.1 Å². The molecule has 0 radical (unpaired) electrons. The van der Waals surface area contributed by atoms with E-state index in [1.54, 1.807) is 0 Å². The lowest BCUT2D eigenvalue weighted by Gasteiger charge is -2.22. The van der Waals surface area contributed by atoms with E-state index in [0.717, 1.165) is 29.3 Å². The summed E-state index contributed by atoms with van der Waals surface area (Å²) in [6.45, 7) is 7.88. The van der Waals surface area contributed by atoms with Crippen LogP contribution in [0.3, 0.4) is 0 Å². The second-order valence-electron chi connectivity index (χ2n) is 5.79. The summed E-state index contributed by atoms with van der Waals surface area (Å²) < 4.78 is 0. The minimum absolute atomic E-state index is 0.0155. The molecule has 0 saturated carbocycles. The quantitative estimate of drug-likeness (QED) is 0.501. The highest BCUT2D eigenvalue weighted by Crippen LogP contribution is 2.27. The van der Waals surface area contributed by atoms with Gasteiger partial charge < -0.3 is 0 Å². The predicted octanol–water partition coefficient (Wildman–Crippen LogP) is 4.27. The summed E-state index contributed by atoms with van der Waals surface area (Å²) in [5, 5.41) is 15.1. The fourth-order valence-corrected chi connectivity index (χ4v) is 2.59. The van der Waals surface area contributed by atoms with Gasteiger partial charge in [-0.3, -0.25) is 14.9 Å². The summed E-state index contributed by atoms with van der Waals surface area (Å²) in [4.78, 5) is 22.4. The Labute approximate surface area is 145 Å². The summed E-state index contributed by atoms with van der Waals surface area (Å²) in [5.74, 6) is -0.214. The number of carbonyl (C=O) groups is 1. The van der Waals surface area contributed by atoms with Crippen LogP contribution in [0.2, 0.25) is 5.02 Å². The van der Waals surface area contributed by atoms with Crippen LogP contribution < -0.4 is 5.43 Å². The van der Waals surface area contributed by atoms with E-state index < -0.39 is 10.8 Å². The first-order valence-electron chi connectivity index (χ1n) is 7.43. The number of nitrogens with zero attached hydrogens (tertiary/aromatic N) is 2. The Balaban J connectivity index is 2.16. The first-order valence-corrected chi connectivity index (χ1v) is 7.80. The summed E-state index contributed by atoms with van der Waals surface area (Å²) in [6.07, 6.45) is 3.69. The van der Waals surface area contributed by atoms with Gasteiger partial charge in [0.15, 0.2) is 0 Å². The largest absolute Gasteiger partial charge is 0.288 e. The molecular weight excluding hydrogens is 330 g/mol. The van der Waals surface area contributed by atoms with Gasteiger partial charge in [0, 0.05) is 11.6 Å². The van der Waals surface area contributed by atoms with E-state index >= 15 is 0 Å². The number of nitro benzene ring substituents is 1. The average Bonchev–Trinajstić information content (AvgIpc) is 2.53. The van der Waals surface area contributed by atoms with E-state index in [2.05, 4.69) is 23.2 Å². The van der Waals surface area contributed by atoms with Crippen molar-refractivity contribution < 1.29 is 9.72 Å². The molecular formula is C17H18ClN3O3. The molecule has 2 rings (SSSR count). The Kier molecular flexibility index (Phi) is 5.51. The Morgan fingerprint density at radius 3 is 2.83 bits per heavy atom. The number of hydrogen-bond donors (Lipinski definition) is 1. The molecule has 0 aliphatic heterocycles. The van der Waals surface area contributed by atoms with Gasteiger partial charge in [-0.05, 0) is 50.3 Å². The topological polar surface area (TPSA) is 84.6 Å². The molecule has 1 aliphatic rings. The third kappa shape index (κ3) is 4.08. The van der Waals surface area contributed by atoms with Crippen LogP contribution >= 0.6 is 11.6 Å². The third-order valence-corrected chi connectivity index (χ3v) is 4.32. The van der Waals surface area contributed by atoms with Gasteiger partial charge in [-0.25, -0.2) is 5.43 Å². The second-order valence-corrected chi connectivity index (χ2v) is 6.20. The van der Waals surface area contributed by atoms with Crippen LogP contribution in [-0.2, 0) is 0 Å². The molecule has 1 aromatic carbocycles. The molecule has 1 amide bonds. The van der Waals surface area contributed by atoms with Crippen LogP contribution in [0, 0.1) is 16.0 Å². The second kappa shape index (κ2) is 7.40. The van der Waals surface area contributed by atoms with Gasteiger partial charge in [0.05, 0.1) is 10.6 Å². The van der Waals surface area contributed by atoms with Crippen molar-refractivity contribution in [2.45, 2.75) is 26.7 Å². The summed E-state index contributed by atoms with van der Waals surface area (Å²) in [7, 11) is 0. The third-order valence-electron chi connectivity index (χ3n) is 4.00. The molecule has 24 heavy (non-hydrogen) atoms. The van der Waals surface area contributed by atoms with Crippen molar-refractivity contribution in [2.24, 2.45) is 11.0 Å². The number of hydrogen-bond acceptors (Lipinski definition) is 4. The number of rotatable bonds is 4. The van der Waals surface area contributed by atoms with Crippen LogP contribution in [0.5, 0.6) is 0 Å². The summed E-state index contributed by atoms with van der Waals surface area (Å²) >= 11 is 5.74. The van der Waals surface area contributed by atoms with Crippen molar-refractivity contribution in [1.82, 2.24) is 5.43 Å². The fourth-order valence-electron chi connectivity index (χ4n) is 2.40. The number of carbonyl (C=O) groups excluding carboxylic acids is 1. The fraction of sp³-hybridized carbons (Fsp3) is 0.294. The van der Waals surface area contributed by atoms with E-state index in [1.807, 2.05) is 13.8 Å². The van der Waals surface area contributed by atoms with Crippen molar-refractivity contribution in [2.75, 3.05) is 0 Å². The maximum absolute atomic E-state index is 12.2. The van der Waals surface area contributed by atoms with E-state index in [9.17, 15) is 14.9 Å². The molecule has 0 aromatic heterocycles. The Bertz CT molecular complexity index is 768. The molecule has 0 spiro atoms. The number of nitrogens with one attached hydrogen (secondary N) is 1. The normalized spacial score (nSPS) is 18.9. The number of amides is 1. The maximum atomic E-state index is 12.2. The Hall–Kier alpha value is -2.47. The van der Waals surface area contributed by atoms with Crippen LogP contribution in [0.1, 0.15) is 37.0 Å². The zero-order valence-corrected chi connectivity index (χ0v) is 14.3. The van der Waals surface area contributed by atoms with Gasteiger partial charge >= 0.3 is 0 Å². The zero-order valence-electron chi connectivity index (χ0n) is 13.5. The van der Waals surface area contributed by atoms with Gasteiger partial charge in [-0.2, -0.15) is 5.10 Å². The number of hydrazone groups is 1. The van der Waals surface area contributed by atoms with Crippen LogP contribution in [-0.4, -0.2) is 16.5 Å². The van der Waals surface area contributed by atoms with Gasteiger partial charge in [-0.15, -0.1) is 0 Å². The van der Waals surface area contributed by atoms with Crippen molar-refractivity contribution in [3.8, 4) is 0 Å². The lowest BCUT2D eigenvalue weighted by Crippen LogP contribution is -2.23. The lowest BCUT2D eigenvalue weighted by molar-refractivity contribution is -0.384. The van der Waals surface area contributed by atoms with E-state index in [4.69, 9.17) is 11.6 Å². The molecule has 0 fully saturated rings. The van der Waals surface area contributed by atoms with Crippen LogP contribution in [0.4, 0.5) is 5.69 Å². The minimum Gasteiger partial charge on any atom is -0.267 e. The highest BCUT2D eigenvalue weighted by Gasteiger charge is 2.20. The number of benzene rings is 1. The SMILES string of the molecule is C=C(C)[C@@H]1CC=C(C)C(=NNC(=O)c2ccc(Cl)c([N+](=O)[O-])c2)C1. The van der Waals surface area contributed by atoms with Crippen molar-refractivity contribution >= 4 is 28.9 Å². The highest BCUT2D eigenvalue weighted by molar-refractivity contribution is 6.32. The zero-order chi connectivity index (χ0) is 17.9. The smallest absolute Gasteiger partial charge is 0.267 e. The van der Waals surface area contributed by atoms with Gasteiger partial charge in [0.1, 0.15) is 5.02 Å². The maximum Gasteiger partial charge on any atom is 0.288 e. The highest BCUT2D eigenvalue weighted by atomic mass is 35.5.